The van der Waals surface area contributed by atoms with E-state index >= 15 is 0 Å². The summed E-state index contributed by atoms with van der Waals surface area (Å²) in [7, 11) is 0. The van der Waals surface area contributed by atoms with E-state index in [2.05, 4.69) is 131 Å². The Morgan fingerprint density at radius 1 is 0.449 bits per heavy atom. The van der Waals surface area contributed by atoms with Crippen molar-refractivity contribution in [2.45, 2.75) is 0 Å². The van der Waals surface area contributed by atoms with Gasteiger partial charge in [0.05, 0.1) is 16.7 Å². The van der Waals surface area contributed by atoms with Crippen LogP contribution in [0.15, 0.2) is 248 Å². The molecule has 0 atom stereocenters. The van der Waals surface area contributed by atoms with E-state index in [0.29, 0.717) is 0 Å². The number of ketones is 1. The highest BCUT2D eigenvalue weighted by Gasteiger charge is 2.19. The van der Waals surface area contributed by atoms with Gasteiger partial charge in [-0.25, -0.2) is 15.0 Å². The smallest absolute Gasteiger partial charge is 0.185 e. The van der Waals surface area contributed by atoms with Crippen molar-refractivity contribution in [2.24, 2.45) is 4.99 Å². The predicted molar refractivity (Wildman–Crippen MR) is 284 cm³/mol. The Kier molecular flexibility index (Phi) is 11.7. The molecule has 0 aliphatic carbocycles. The van der Waals surface area contributed by atoms with Crippen molar-refractivity contribution < 1.29 is 4.79 Å². The molecule has 7 nitrogen and oxygen atoms in total. The topological polar surface area (TPSA) is 93.0 Å². The fourth-order valence-electron chi connectivity index (χ4n) is 8.87. The molecule has 69 heavy (non-hydrogen) atoms. The van der Waals surface area contributed by atoms with Gasteiger partial charge in [-0.05, 0) is 105 Å². The summed E-state index contributed by atoms with van der Waals surface area (Å²) < 4.78 is 0. The number of anilines is 1. The minimum atomic E-state index is 0.0319. The van der Waals surface area contributed by atoms with Crippen LogP contribution in [-0.4, -0.2) is 31.6 Å². The number of pyridine rings is 2. The van der Waals surface area contributed by atoms with Crippen LogP contribution in [0.4, 0.5) is 11.4 Å². The highest BCUT2D eigenvalue weighted by atomic mass is 16.1. The van der Waals surface area contributed by atoms with Crippen molar-refractivity contribution >= 4 is 72.4 Å². The Labute approximate surface area is 399 Å². The molecule has 3 aromatic heterocycles. The first-order valence-corrected chi connectivity index (χ1v) is 22.8. The second kappa shape index (κ2) is 19.2. The van der Waals surface area contributed by atoms with Crippen molar-refractivity contribution in [3.05, 3.63) is 260 Å². The molecule has 0 saturated heterocycles. The maximum absolute atomic E-state index is 11.7. The number of amidine groups is 1. The lowest BCUT2D eigenvalue weighted by molar-refractivity contribution is 0.104. The lowest BCUT2D eigenvalue weighted by Crippen LogP contribution is -2.16. The Morgan fingerprint density at radius 3 is 1.58 bits per heavy atom. The van der Waals surface area contributed by atoms with Crippen LogP contribution in [0.2, 0.25) is 0 Å². The van der Waals surface area contributed by atoms with Crippen molar-refractivity contribution in [1.82, 2.24) is 19.9 Å². The average Bonchev–Trinajstić information content (AvgIpc) is 3.43. The molecule has 0 bridgehead atoms. The number of aliphatic imine (C=N–C) groups is 1. The first-order chi connectivity index (χ1) is 34.1. The Bertz CT molecular complexity index is 3680. The Morgan fingerprint density at radius 2 is 0.986 bits per heavy atom. The number of hydrogen-bond acceptors (Lipinski definition) is 7. The highest BCUT2D eigenvalue weighted by molar-refractivity contribution is 6.27. The third-order valence-electron chi connectivity index (χ3n) is 12.2. The van der Waals surface area contributed by atoms with Gasteiger partial charge >= 0.3 is 0 Å². The monoisotopic (exact) mass is 886 g/mol. The van der Waals surface area contributed by atoms with Gasteiger partial charge in [0.2, 0.25) is 0 Å². The standard InChI is InChI=1S/C31H19N3.C16H11N3.C15H12O/c1-3-7-20(8-4-1)25-19-26(21-9-5-2-6-10-21)24-12-14-28-30-27(13-11-23(25)29(24)30)33-31(34-28)22-15-17-32-18-16-22;1-3-11-4-2-6-14-15(11)13(5-1)18-16(19-14)12-7-9-17-10-8-12;16-15(14-9-5-2-6-10-14)12-11-13-7-3-1-4-8-13/h1-19H;1-10H,(H,18,19);1-12H/b;;12-11+. The van der Waals surface area contributed by atoms with Crippen molar-refractivity contribution in [3.8, 4) is 33.6 Å². The largest absolute Gasteiger partial charge is 0.339 e. The first kappa shape index (κ1) is 42.2. The lowest BCUT2D eigenvalue weighted by atomic mass is 9.87. The molecule has 0 saturated carbocycles. The molecule has 0 unspecified atom stereocenters. The SMILES string of the molecule is O=C(/C=C/c1ccccc1)c1ccccc1.c1cc2c3c(cccc3c1)NC(c1ccncc1)=N2.c1ccc(-c2cc(-c3ccccc3)c3ccc4nc(-c5ccncc5)nc5ccc2c3c54)cc1. The summed E-state index contributed by atoms with van der Waals surface area (Å²) in [6.45, 7) is 0. The Balaban J connectivity index is 0.000000125. The number of hydrogen-bond donors (Lipinski definition) is 1. The average molecular weight is 887 g/mol. The molecule has 1 aliphatic heterocycles. The highest BCUT2D eigenvalue weighted by Crippen LogP contribution is 2.44. The van der Waals surface area contributed by atoms with E-state index in [-0.39, 0.29) is 5.78 Å². The van der Waals surface area contributed by atoms with Crippen LogP contribution in [0.1, 0.15) is 21.5 Å². The number of nitrogens with one attached hydrogen (secondary N) is 1. The molecule has 0 spiro atoms. The number of benzene rings is 9. The minimum absolute atomic E-state index is 0.0319. The number of allylic oxidation sites excluding steroid dienone is 1. The molecular weight excluding hydrogens is 845 g/mol. The number of aromatic nitrogens is 4. The number of nitrogens with zero attached hydrogens (tertiary/aromatic N) is 5. The molecule has 9 aromatic carbocycles. The number of rotatable bonds is 7. The van der Waals surface area contributed by atoms with Crippen LogP contribution in [0, 0.1) is 0 Å². The summed E-state index contributed by atoms with van der Waals surface area (Å²) in [5.41, 5.74) is 12.6. The summed E-state index contributed by atoms with van der Waals surface area (Å²) in [5.74, 6) is 1.62. The summed E-state index contributed by atoms with van der Waals surface area (Å²) >= 11 is 0. The summed E-state index contributed by atoms with van der Waals surface area (Å²) in [6, 6.07) is 71.6. The van der Waals surface area contributed by atoms with E-state index in [4.69, 9.17) is 15.0 Å². The van der Waals surface area contributed by atoms with Crippen LogP contribution in [0.5, 0.6) is 0 Å². The van der Waals surface area contributed by atoms with Gasteiger partial charge < -0.3 is 5.32 Å². The fourth-order valence-corrected chi connectivity index (χ4v) is 8.87. The fraction of sp³-hybridized carbons (Fsp3) is 0. The quantitative estimate of drug-likeness (QED) is 0.0973. The van der Waals surface area contributed by atoms with E-state index in [1.165, 1.54) is 49.2 Å². The maximum Gasteiger partial charge on any atom is 0.185 e. The maximum atomic E-state index is 11.7. The Hall–Kier alpha value is -9.46. The first-order valence-electron chi connectivity index (χ1n) is 22.8. The second-order valence-corrected chi connectivity index (χ2v) is 16.5. The summed E-state index contributed by atoms with van der Waals surface area (Å²) in [6.07, 6.45) is 10.5. The third-order valence-corrected chi connectivity index (χ3v) is 12.2. The second-order valence-electron chi connectivity index (χ2n) is 16.5. The van der Waals surface area contributed by atoms with Gasteiger partial charge in [0, 0.05) is 63.3 Å². The van der Waals surface area contributed by atoms with E-state index < -0.39 is 0 Å². The van der Waals surface area contributed by atoms with Gasteiger partial charge in [-0.1, -0.05) is 164 Å². The molecule has 12 aromatic rings. The van der Waals surface area contributed by atoms with Gasteiger partial charge in [0.25, 0.3) is 0 Å². The van der Waals surface area contributed by atoms with E-state index in [9.17, 15) is 4.79 Å². The van der Waals surface area contributed by atoms with E-state index in [0.717, 1.165) is 61.7 Å². The number of carbonyl (C=O) groups is 1. The molecule has 1 N–H and O–H groups in total. The summed E-state index contributed by atoms with van der Waals surface area (Å²) in [5, 5.41) is 10.6. The molecule has 0 radical (unpaired) electrons. The zero-order valence-electron chi connectivity index (χ0n) is 37.3. The van der Waals surface area contributed by atoms with Gasteiger partial charge in [0.15, 0.2) is 11.6 Å². The van der Waals surface area contributed by atoms with E-state index in [1.54, 1.807) is 30.9 Å². The zero-order chi connectivity index (χ0) is 46.4. The number of carbonyl (C=O) groups excluding carboxylic acids is 1. The molecule has 13 rings (SSSR count). The summed E-state index contributed by atoms with van der Waals surface area (Å²) in [4.78, 5) is 34.5. The van der Waals surface area contributed by atoms with Crippen LogP contribution in [0.25, 0.3) is 83.1 Å². The van der Waals surface area contributed by atoms with Crippen molar-refractivity contribution in [2.75, 3.05) is 5.32 Å². The van der Waals surface area contributed by atoms with Crippen LogP contribution in [-0.2, 0) is 0 Å². The van der Waals surface area contributed by atoms with Gasteiger partial charge in [-0.3, -0.25) is 14.8 Å². The zero-order valence-corrected chi connectivity index (χ0v) is 37.3. The predicted octanol–water partition coefficient (Wildman–Crippen LogP) is 15.1. The molecule has 326 valence electrons. The molecule has 7 heteroatoms. The van der Waals surface area contributed by atoms with Gasteiger partial charge in [-0.15, -0.1) is 0 Å². The van der Waals surface area contributed by atoms with Gasteiger partial charge in [-0.2, -0.15) is 0 Å². The van der Waals surface area contributed by atoms with Gasteiger partial charge in [0.1, 0.15) is 5.84 Å². The molecule has 1 aliphatic rings. The molecular formula is C62H42N6O. The van der Waals surface area contributed by atoms with Crippen molar-refractivity contribution in [1.29, 1.82) is 0 Å². The van der Waals surface area contributed by atoms with Crippen LogP contribution < -0.4 is 5.32 Å². The third kappa shape index (κ3) is 8.83. The lowest BCUT2D eigenvalue weighted by Gasteiger charge is -2.18. The molecule has 4 heterocycles. The van der Waals surface area contributed by atoms with E-state index in [1.807, 2.05) is 103 Å². The van der Waals surface area contributed by atoms with Crippen LogP contribution >= 0.6 is 0 Å². The molecule has 0 amide bonds. The molecule has 0 fully saturated rings. The minimum Gasteiger partial charge on any atom is -0.339 e. The van der Waals surface area contributed by atoms with Crippen LogP contribution in [0.3, 0.4) is 0 Å². The van der Waals surface area contributed by atoms with Crippen molar-refractivity contribution in [3.63, 3.8) is 0 Å². The normalized spacial score (nSPS) is 11.7.